The lowest BCUT2D eigenvalue weighted by atomic mass is 10.2. The fraction of sp³-hybridized carbons (Fsp3) is 0.250. The Labute approximate surface area is 123 Å². The summed E-state index contributed by atoms with van der Waals surface area (Å²) in [6.45, 7) is 3.15. The minimum Gasteiger partial charge on any atom is -0.508 e. The summed E-state index contributed by atoms with van der Waals surface area (Å²) in [4.78, 5) is 20.9. The maximum absolute atomic E-state index is 12.8. The summed E-state index contributed by atoms with van der Waals surface area (Å²) in [6, 6.07) is 10.4. The maximum atomic E-state index is 12.8. The monoisotopic (exact) mass is 283 g/mol. The van der Waals surface area contributed by atoms with Gasteiger partial charge in [0.2, 0.25) is 0 Å². The van der Waals surface area contributed by atoms with E-state index >= 15 is 0 Å². The molecule has 2 aromatic rings. The summed E-state index contributed by atoms with van der Waals surface area (Å²) in [6.07, 6.45) is 0. The van der Waals surface area contributed by atoms with Gasteiger partial charge in [-0.15, -0.1) is 0 Å². The summed E-state index contributed by atoms with van der Waals surface area (Å²) in [5.41, 5.74) is 2.17. The van der Waals surface area contributed by atoms with Gasteiger partial charge in [-0.05, 0) is 31.2 Å². The number of nitrogens with zero attached hydrogens (tertiary/aromatic N) is 3. The lowest BCUT2D eigenvalue weighted by Gasteiger charge is -2.21. The van der Waals surface area contributed by atoms with Crippen molar-refractivity contribution in [1.29, 1.82) is 0 Å². The van der Waals surface area contributed by atoms with Crippen LogP contribution in [0, 0.1) is 6.92 Å². The summed E-state index contributed by atoms with van der Waals surface area (Å²) < 4.78 is 0. The van der Waals surface area contributed by atoms with Crippen molar-refractivity contribution in [3.8, 4) is 5.75 Å². The largest absolute Gasteiger partial charge is 0.508 e. The van der Waals surface area contributed by atoms with E-state index in [9.17, 15) is 9.90 Å². The first kappa shape index (κ1) is 13.4. The molecule has 1 aliphatic rings. The van der Waals surface area contributed by atoms with Crippen LogP contribution in [0.25, 0.3) is 0 Å². The van der Waals surface area contributed by atoms with Crippen molar-refractivity contribution in [1.82, 2.24) is 4.98 Å². The van der Waals surface area contributed by atoms with Crippen molar-refractivity contribution in [3.63, 3.8) is 0 Å². The zero-order valence-electron chi connectivity index (χ0n) is 12.1. The SMILES string of the molecule is Cc1ccc2c(n1)N(C)CCN(c1cccc(O)c1)C2=O. The van der Waals surface area contributed by atoms with Gasteiger partial charge in [-0.25, -0.2) is 4.98 Å². The van der Waals surface area contributed by atoms with E-state index in [0.29, 0.717) is 30.2 Å². The highest BCUT2D eigenvalue weighted by atomic mass is 16.3. The van der Waals surface area contributed by atoms with Gasteiger partial charge in [0.25, 0.3) is 5.91 Å². The molecular formula is C16H17N3O2. The minimum absolute atomic E-state index is 0.0903. The molecule has 1 aliphatic heterocycles. The Kier molecular flexibility index (Phi) is 3.25. The van der Waals surface area contributed by atoms with Crippen LogP contribution in [0.3, 0.4) is 0 Å². The van der Waals surface area contributed by atoms with Crippen molar-refractivity contribution in [2.45, 2.75) is 6.92 Å². The number of pyridine rings is 1. The number of hydrogen-bond acceptors (Lipinski definition) is 4. The number of aromatic nitrogens is 1. The molecular weight excluding hydrogens is 266 g/mol. The number of anilines is 2. The highest BCUT2D eigenvalue weighted by molar-refractivity contribution is 6.09. The second kappa shape index (κ2) is 5.09. The molecule has 1 N–H and O–H groups in total. The molecule has 0 unspecified atom stereocenters. The minimum atomic E-state index is -0.0903. The van der Waals surface area contributed by atoms with E-state index in [1.165, 1.54) is 0 Å². The van der Waals surface area contributed by atoms with Crippen LogP contribution in [0.5, 0.6) is 5.75 Å². The molecule has 0 aliphatic carbocycles. The van der Waals surface area contributed by atoms with Crippen molar-refractivity contribution in [2.75, 3.05) is 29.9 Å². The van der Waals surface area contributed by atoms with Gasteiger partial charge in [-0.3, -0.25) is 4.79 Å². The Morgan fingerprint density at radius 3 is 2.76 bits per heavy atom. The summed E-state index contributed by atoms with van der Waals surface area (Å²) in [7, 11) is 1.94. The topological polar surface area (TPSA) is 56.7 Å². The molecule has 108 valence electrons. The summed E-state index contributed by atoms with van der Waals surface area (Å²) in [5, 5.41) is 9.62. The number of rotatable bonds is 1. The highest BCUT2D eigenvalue weighted by Crippen LogP contribution is 2.27. The van der Waals surface area contributed by atoms with E-state index < -0.39 is 0 Å². The van der Waals surface area contributed by atoms with Crippen LogP contribution < -0.4 is 9.80 Å². The van der Waals surface area contributed by atoms with Gasteiger partial charge in [0, 0.05) is 37.6 Å². The average Bonchev–Trinajstić information content (AvgIpc) is 2.57. The number of benzene rings is 1. The molecule has 0 saturated carbocycles. The number of hydrogen-bond donors (Lipinski definition) is 1. The van der Waals surface area contributed by atoms with Gasteiger partial charge in [0.15, 0.2) is 0 Å². The molecule has 0 radical (unpaired) electrons. The Morgan fingerprint density at radius 2 is 2.00 bits per heavy atom. The second-order valence-corrected chi connectivity index (χ2v) is 5.22. The van der Waals surface area contributed by atoms with Crippen molar-refractivity contribution < 1.29 is 9.90 Å². The molecule has 5 heteroatoms. The van der Waals surface area contributed by atoms with E-state index in [0.717, 1.165) is 5.69 Å². The number of phenolic OH excluding ortho intramolecular Hbond substituents is 1. The Hall–Kier alpha value is -2.56. The summed E-state index contributed by atoms with van der Waals surface area (Å²) in [5.74, 6) is 0.773. The molecule has 0 atom stereocenters. The van der Waals surface area contributed by atoms with Gasteiger partial charge in [-0.1, -0.05) is 6.07 Å². The number of aryl methyl sites for hydroxylation is 1. The molecule has 0 fully saturated rings. The average molecular weight is 283 g/mol. The molecule has 1 aromatic carbocycles. The smallest absolute Gasteiger partial charge is 0.262 e. The summed E-state index contributed by atoms with van der Waals surface area (Å²) >= 11 is 0. The lowest BCUT2D eigenvalue weighted by Crippen LogP contribution is -2.33. The van der Waals surface area contributed by atoms with Crippen molar-refractivity contribution in [2.24, 2.45) is 0 Å². The van der Waals surface area contributed by atoms with Gasteiger partial charge in [-0.2, -0.15) is 0 Å². The molecule has 0 bridgehead atoms. The fourth-order valence-electron chi connectivity index (χ4n) is 2.51. The molecule has 5 nitrogen and oxygen atoms in total. The van der Waals surface area contributed by atoms with Crippen LogP contribution >= 0.6 is 0 Å². The van der Waals surface area contributed by atoms with Gasteiger partial charge in [0.05, 0.1) is 5.56 Å². The van der Waals surface area contributed by atoms with E-state index in [1.807, 2.05) is 37.1 Å². The van der Waals surface area contributed by atoms with Gasteiger partial charge in [0.1, 0.15) is 11.6 Å². The molecule has 3 rings (SSSR count). The third-order valence-corrected chi connectivity index (χ3v) is 3.65. The standard InChI is InChI=1S/C16H17N3O2/c1-11-6-7-14-15(17-11)18(2)8-9-19(16(14)21)12-4-3-5-13(20)10-12/h3-7,10,20H,8-9H2,1-2H3. The molecule has 2 heterocycles. The van der Waals surface area contributed by atoms with Crippen LogP contribution in [0.2, 0.25) is 0 Å². The molecule has 0 spiro atoms. The Bertz CT molecular complexity index is 700. The number of amides is 1. The third kappa shape index (κ3) is 2.42. The second-order valence-electron chi connectivity index (χ2n) is 5.22. The van der Waals surface area contributed by atoms with Crippen LogP contribution in [-0.4, -0.2) is 36.1 Å². The molecule has 21 heavy (non-hydrogen) atoms. The van der Waals surface area contributed by atoms with E-state index in [1.54, 1.807) is 23.1 Å². The van der Waals surface area contributed by atoms with E-state index in [2.05, 4.69) is 4.98 Å². The first-order valence-corrected chi connectivity index (χ1v) is 6.86. The van der Waals surface area contributed by atoms with Crippen molar-refractivity contribution in [3.05, 3.63) is 47.7 Å². The van der Waals surface area contributed by atoms with Crippen LogP contribution in [-0.2, 0) is 0 Å². The number of aromatic hydroxyl groups is 1. The number of fused-ring (bicyclic) bond motifs is 1. The van der Waals surface area contributed by atoms with Crippen LogP contribution in [0.1, 0.15) is 16.1 Å². The normalized spacial score (nSPS) is 14.9. The van der Waals surface area contributed by atoms with E-state index in [4.69, 9.17) is 0 Å². The van der Waals surface area contributed by atoms with Crippen LogP contribution in [0.4, 0.5) is 11.5 Å². The maximum Gasteiger partial charge on any atom is 0.262 e. The van der Waals surface area contributed by atoms with Crippen molar-refractivity contribution >= 4 is 17.4 Å². The Morgan fingerprint density at radius 1 is 1.19 bits per heavy atom. The van der Waals surface area contributed by atoms with Gasteiger partial charge >= 0.3 is 0 Å². The quantitative estimate of drug-likeness (QED) is 0.871. The molecule has 0 saturated heterocycles. The third-order valence-electron chi connectivity index (χ3n) is 3.65. The first-order valence-electron chi connectivity index (χ1n) is 6.86. The predicted octanol–water partition coefficient (Wildman–Crippen LogP) is 2.19. The van der Waals surface area contributed by atoms with Crippen LogP contribution in [0.15, 0.2) is 36.4 Å². The number of likely N-dealkylation sites (N-methyl/N-ethyl adjacent to an activating group) is 1. The number of phenols is 1. The van der Waals surface area contributed by atoms with E-state index in [-0.39, 0.29) is 11.7 Å². The first-order chi connectivity index (χ1) is 10.1. The highest BCUT2D eigenvalue weighted by Gasteiger charge is 2.27. The zero-order chi connectivity index (χ0) is 15.0. The van der Waals surface area contributed by atoms with Gasteiger partial charge < -0.3 is 14.9 Å². The lowest BCUT2D eigenvalue weighted by molar-refractivity contribution is 0.0990. The molecule has 1 amide bonds. The Balaban J connectivity index is 2.07. The number of carbonyl (C=O) groups is 1. The number of carbonyl (C=O) groups excluding carboxylic acids is 1. The predicted molar refractivity (Wildman–Crippen MR) is 82.0 cm³/mol. The zero-order valence-corrected chi connectivity index (χ0v) is 12.1. The fourth-order valence-corrected chi connectivity index (χ4v) is 2.51. The molecule has 1 aromatic heterocycles.